The first-order valence-corrected chi connectivity index (χ1v) is 7.42. The molecule has 0 saturated heterocycles. The number of aliphatic hydroxyl groups is 1. The van der Waals surface area contributed by atoms with Crippen molar-refractivity contribution in [1.82, 2.24) is 0 Å². The minimum absolute atomic E-state index is 0.411. The molecule has 0 saturated carbocycles. The van der Waals surface area contributed by atoms with Crippen LogP contribution < -0.4 is 10.9 Å². The highest BCUT2D eigenvalue weighted by atomic mass is 16.3. The van der Waals surface area contributed by atoms with Gasteiger partial charge in [-0.25, -0.2) is 10.9 Å². The highest BCUT2D eigenvalue weighted by Crippen LogP contribution is 2.25. The Kier molecular flexibility index (Phi) is 6.68. The second-order valence-electron chi connectivity index (χ2n) is 5.25. The Hall–Kier alpha value is -1.39. The van der Waals surface area contributed by atoms with Crippen molar-refractivity contribution in [1.29, 1.82) is 0 Å². The van der Waals surface area contributed by atoms with Crippen LogP contribution in [0.5, 0.6) is 0 Å². The fraction of sp³-hybridized carbons (Fsp3) is 0.562. The summed E-state index contributed by atoms with van der Waals surface area (Å²) < 4.78 is 0. The van der Waals surface area contributed by atoms with Gasteiger partial charge in [-0.15, -0.1) is 0 Å². The number of carbonyl (C=O) groups excluding carboxylic acids is 1. The fourth-order valence-corrected chi connectivity index (χ4v) is 2.21. The Morgan fingerprint density at radius 1 is 1.15 bits per heavy atom. The molecule has 3 N–H and O–H groups in total. The zero-order valence-electron chi connectivity index (χ0n) is 12.5. The lowest BCUT2D eigenvalue weighted by Gasteiger charge is -2.31. The number of carbonyl (C=O) groups is 1. The second-order valence-corrected chi connectivity index (χ2v) is 5.25. The van der Waals surface area contributed by atoms with E-state index in [2.05, 4.69) is 0 Å². The van der Waals surface area contributed by atoms with Crippen molar-refractivity contribution in [2.75, 3.05) is 5.01 Å². The van der Waals surface area contributed by atoms with E-state index in [-0.39, 0.29) is 0 Å². The average Bonchev–Trinajstić information content (AvgIpc) is 2.50. The molecule has 0 atom stereocenters. The van der Waals surface area contributed by atoms with Crippen molar-refractivity contribution >= 4 is 11.6 Å². The van der Waals surface area contributed by atoms with E-state index in [4.69, 9.17) is 5.84 Å². The number of rotatable bonds is 8. The van der Waals surface area contributed by atoms with Crippen LogP contribution >= 0.6 is 0 Å². The van der Waals surface area contributed by atoms with Gasteiger partial charge in [-0.3, -0.25) is 4.79 Å². The Morgan fingerprint density at radius 3 is 2.10 bits per heavy atom. The van der Waals surface area contributed by atoms with E-state index in [1.54, 1.807) is 12.1 Å². The SMILES string of the molecule is CCCCC(O)(CCCC)C(=O)N(N)c1ccccc1. The van der Waals surface area contributed by atoms with Crippen LogP contribution in [0.3, 0.4) is 0 Å². The predicted octanol–water partition coefficient (Wildman–Crippen LogP) is 3.00. The zero-order chi connectivity index (χ0) is 15.0. The standard InChI is InChI=1S/C16H26N2O2/c1-3-5-12-16(20,13-6-4-2)15(19)18(17)14-10-8-7-9-11-14/h7-11,20H,3-6,12-13,17H2,1-2H3. The van der Waals surface area contributed by atoms with Gasteiger partial charge in [0.15, 0.2) is 0 Å². The molecule has 0 fully saturated rings. The normalized spacial score (nSPS) is 11.4. The van der Waals surface area contributed by atoms with Gasteiger partial charge in [-0.05, 0) is 25.0 Å². The first kappa shape index (κ1) is 16.7. The molecule has 1 amide bonds. The Bertz CT molecular complexity index is 398. The molecule has 0 aliphatic rings. The third-order valence-corrected chi connectivity index (χ3v) is 3.54. The number of unbranched alkanes of at least 4 members (excludes halogenated alkanes) is 2. The quantitative estimate of drug-likeness (QED) is 0.436. The molecule has 0 aromatic heterocycles. The lowest BCUT2D eigenvalue weighted by atomic mass is 9.89. The number of hydrazine groups is 1. The first-order valence-electron chi connectivity index (χ1n) is 7.42. The molecule has 4 heteroatoms. The van der Waals surface area contributed by atoms with Gasteiger partial charge in [0, 0.05) is 0 Å². The zero-order valence-corrected chi connectivity index (χ0v) is 12.5. The predicted molar refractivity (Wildman–Crippen MR) is 82.1 cm³/mol. The summed E-state index contributed by atoms with van der Waals surface area (Å²) in [5, 5.41) is 11.8. The van der Waals surface area contributed by atoms with Gasteiger partial charge in [0.1, 0.15) is 5.60 Å². The van der Waals surface area contributed by atoms with Crippen molar-refractivity contribution in [3.8, 4) is 0 Å². The molecule has 0 spiro atoms. The number of para-hydroxylation sites is 1. The topological polar surface area (TPSA) is 66.6 Å². The van der Waals surface area contributed by atoms with E-state index in [1.165, 1.54) is 0 Å². The molecule has 1 rings (SSSR count). The third kappa shape index (κ3) is 4.32. The molecule has 0 aliphatic heterocycles. The molecule has 112 valence electrons. The van der Waals surface area contributed by atoms with Crippen molar-refractivity contribution < 1.29 is 9.90 Å². The summed E-state index contributed by atoms with van der Waals surface area (Å²) in [4.78, 5) is 12.5. The fourth-order valence-electron chi connectivity index (χ4n) is 2.21. The van der Waals surface area contributed by atoms with Crippen LogP contribution in [0.15, 0.2) is 30.3 Å². The lowest BCUT2D eigenvalue weighted by molar-refractivity contribution is -0.138. The van der Waals surface area contributed by atoms with E-state index in [9.17, 15) is 9.90 Å². The summed E-state index contributed by atoms with van der Waals surface area (Å²) in [5.41, 5.74) is -0.750. The number of amides is 1. The van der Waals surface area contributed by atoms with E-state index < -0.39 is 11.5 Å². The van der Waals surface area contributed by atoms with Crippen molar-refractivity contribution in [3.63, 3.8) is 0 Å². The van der Waals surface area contributed by atoms with Crippen LogP contribution in [0.1, 0.15) is 52.4 Å². The Labute approximate surface area is 121 Å². The summed E-state index contributed by atoms with van der Waals surface area (Å²) in [7, 11) is 0. The van der Waals surface area contributed by atoms with Gasteiger partial charge < -0.3 is 5.11 Å². The first-order chi connectivity index (χ1) is 9.55. The van der Waals surface area contributed by atoms with Gasteiger partial charge in [-0.2, -0.15) is 0 Å². The highest BCUT2D eigenvalue weighted by molar-refractivity contribution is 5.98. The largest absolute Gasteiger partial charge is 0.380 e. The average molecular weight is 278 g/mol. The number of anilines is 1. The number of hydrogen-bond donors (Lipinski definition) is 2. The lowest BCUT2D eigenvalue weighted by Crippen LogP contribution is -2.52. The maximum Gasteiger partial charge on any atom is 0.273 e. The molecular weight excluding hydrogens is 252 g/mol. The molecule has 0 unspecified atom stereocenters. The number of nitrogens with two attached hydrogens (primary N) is 1. The van der Waals surface area contributed by atoms with E-state index in [1.807, 2.05) is 32.0 Å². The monoisotopic (exact) mass is 278 g/mol. The Balaban J connectivity index is 2.86. The maximum atomic E-state index is 12.5. The van der Waals surface area contributed by atoms with Gasteiger partial charge >= 0.3 is 0 Å². The van der Waals surface area contributed by atoms with E-state index in [0.717, 1.165) is 30.7 Å². The summed E-state index contributed by atoms with van der Waals surface area (Å²) >= 11 is 0. The molecule has 1 aromatic carbocycles. The molecule has 0 aliphatic carbocycles. The van der Waals surface area contributed by atoms with Gasteiger partial charge in [0.2, 0.25) is 0 Å². The van der Waals surface area contributed by atoms with Crippen LogP contribution in [0.2, 0.25) is 0 Å². The van der Waals surface area contributed by atoms with Crippen LogP contribution in [0.4, 0.5) is 5.69 Å². The van der Waals surface area contributed by atoms with Gasteiger partial charge in [-0.1, -0.05) is 57.7 Å². The highest BCUT2D eigenvalue weighted by Gasteiger charge is 2.37. The minimum Gasteiger partial charge on any atom is -0.380 e. The van der Waals surface area contributed by atoms with Crippen molar-refractivity contribution in [2.45, 2.75) is 58.0 Å². The summed E-state index contributed by atoms with van der Waals surface area (Å²) in [5.74, 6) is 5.48. The van der Waals surface area contributed by atoms with Crippen LogP contribution in [0.25, 0.3) is 0 Å². The number of hydrogen-bond acceptors (Lipinski definition) is 3. The van der Waals surface area contributed by atoms with Crippen LogP contribution in [-0.4, -0.2) is 16.6 Å². The molecule has 0 heterocycles. The van der Waals surface area contributed by atoms with Crippen molar-refractivity contribution in [2.24, 2.45) is 5.84 Å². The second kappa shape index (κ2) is 8.02. The van der Waals surface area contributed by atoms with E-state index in [0.29, 0.717) is 18.5 Å². The maximum absolute atomic E-state index is 12.5. The number of benzene rings is 1. The van der Waals surface area contributed by atoms with Gasteiger partial charge in [0.05, 0.1) is 5.69 Å². The van der Waals surface area contributed by atoms with Crippen molar-refractivity contribution in [3.05, 3.63) is 30.3 Å². The van der Waals surface area contributed by atoms with Gasteiger partial charge in [0.25, 0.3) is 5.91 Å². The van der Waals surface area contributed by atoms with Crippen LogP contribution in [-0.2, 0) is 4.79 Å². The minimum atomic E-state index is -1.35. The molecule has 1 aromatic rings. The van der Waals surface area contributed by atoms with E-state index >= 15 is 0 Å². The molecule has 0 bridgehead atoms. The molecule has 0 radical (unpaired) electrons. The molecule has 20 heavy (non-hydrogen) atoms. The molecular formula is C16H26N2O2. The number of nitrogens with zero attached hydrogens (tertiary/aromatic N) is 1. The smallest absolute Gasteiger partial charge is 0.273 e. The Morgan fingerprint density at radius 2 is 1.65 bits per heavy atom. The van der Waals surface area contributed by atoms with Crippen LogP contribution in [0, 0.1) is 0 Å². The summed E-state index contributed by atoms with van der Waals surface area (Å²) in [6.07, 6.45) is 4.43. The molecule has 4 nitrogen and oxygen atoms in total. The summed E-state index contributed by atoms with van der Waals surface area (Å²) in [6.45, 7) is 4.09. The third-order valence-electron chi connectivity index (χ3n) is 3.54. The summed E-state index contributed by atoms with van der Waals surface area (Å²) in [6, 6.07) is 9.03.